The van der Waals surface area contributed by atoms with Gasteiger partial charge in [0.05, 0.1) is 13.2 Å². The second kappa shape index (κ2) is 5.37. The third-order valence-corrected chi connectivity index (χ3v) is 3.07. The average Bonchev–Trinajstić information content (AvgIpc) is 2.39. The standard InChI is InChI=1S/C11H13BClNO2/c13-12(10-4-2-1-3-5-10)11(15)14-6-8-16-9-7-14/h1-5H,6-9H2. The van der Waals surface area contributed by atoms with Gasteiger partial charge in [0.2, 0.25) is 5.81 Å². The molecule has 0 bridgehead atoms. The molecule has 0 saturated carbocycles. The highest BCUT2D eigenvalue weighted by molar-refractivity contribution is 7.29. The minimum Gasteiger partial charge on any atom is -0.378 e. The van der Waals surface area contributed by atoms with E-state index in [-0.39, 0.29) is 5.81 Å². The van der Waals surface area contributed by atoms with E-state index in [9.17, 15) is 4.79 Å². The lowest BCUT2D eigenvalue weighted by Gasteiger charge is -2.28. The smallest absolute Gasteiger partial charge is 0.378 e. The molecular weight excluding hydrogens is 224 g/mol. The van der Waals surface area contributed by atoms with Gasteiger partial charge in [-0.05, 0) is 0 Å². The fraction of sp³-hybridized carbons (Fsp3) is 0.364. The van der Waals surface area contributed by atoms with Gasteiger partial charge in [0.15, 0.2) is 0 Å². The van der Waals surface area contributed by atoms with E-state index in [2.05, 4.69) is 0 Å². The third kappa shape index (κ3) is 2.57. The number of hydrogen-bond donors (Lipinski definition) is 0. The maximum atomic E-state index is 12.0. The van der Waals surface area contributed by atoms with E-state index in [0.29, 0.717) is 26.3 Å². The van der Waals surface area contributed by atoms with Crippen molar-refractivity contribution in [3.63, 3.8) is 0 Å². The Morgan fingerprint density at radius 1 is 1.25 bits per heavy atom. The van der Waals surface area contributed by atoms with Crippen molar-refractivity contribution in [1.29, 1.82) is 0 Å². The molecule has 84 valence electrons. The Balaban J connectivity index is 2.04. The van der Waals surface area contributed by atoms with Crippen molar-refractivity contribution in [3.8, 4) is 0 Å². The first-order valence-electron chi connectivity index (χ1n) is 5.34. The Morgan fingerprint density at radius 3 is 2.50 bits per heavy atom. The summed E-state index contributed by atoms with van der Waals surface area (Å²) in [5.74, 6) is -0.0313. The molecule has 3 nitrogen and oxygen atoms in total. The number of morpholine rings is 1. The summed E-state index contributed by atoms with van der Waals surface area (Å²) in [6.45, 7) is 2.47. The van der Waals surface area contributed by atoms with Crippen molar-refractivity contribution in [2.24, 2.45) is 0 Å². The van der Waals surface area contributed by atoms with E-state index < -0.39 is 6.13 Å². The van der Waals surface area contributed by atoms with E-state index in [0.717, 1.165) is 5.46 Å². The Morgan fingerprint density at radius 2 is 1.88 bits per heavy atom. The van der Waals surface area contributed by atoms with Crippen LogP contribution in [0, 0.1) is 0 Å². The fourth-order valence-corrected chi connectivity index (χ4v) is 1.99. The number of amides is 1. The molecule has 0 unspecified atom stereocenters. The molecule has 1 fully saturated rings. The number of rotatable bonds is 2. The van der Waals surface area contributed by atoms with Crippen LogP contribution in [0.25, 0.3) is 0 Å². The molecule has 0 radical (unpaired) electrons. The number of carbonyl (C=O) groups excluding carboxylic acids is 1. The van der Waals surface area contributed by atoms with Crippen molar-refractivity contribution in [2.45, 2.75) is 0 Å². The summed E-state index contributed by atoms with van der Waals surface area (Å²) in [7, 11) is 0. The molecule has 16 heavy (non-hydrogen) atoms. The SMILES string of the molecule is O=C(B(Cl)c1ccccc1)N1CCOCC1. The predicted octanol–water partition coefficient (Wildman–Crippen LogP) is 1.16. The normalized spacial score (nSPS) is 15.9. The number of nitrogens with zero attached hydrogens (tertiary/aromatic N) is 1. The Kier molecular flexibility index (Phi) is 3.85. The molecule has 5 heteroatoms. The van der Waals surface area contributed by atoms with Gasteiger partial charge in [-0.3, -0.25) is 4.79 Å². The van der Waals surface area contributed by atoms with Crippen LogP contribution in [-0.4, -0.2) is 43.1 Å². The summed E-state index contributed by atoms with van der Waals surface area (Å²) in [6, 6.07) is 9.42. The van der Waals surface area contributed by atoms with Crippen molar-refractivity contribution < 1.29 is 9.53 Å². The van der Waals surface area contributed by atoms with Crippen LogP contribution in [-0.2, 0) is 4.74 Å². The quantitative estimate of drug-likeness (QED) is 0.723. The highest BCUT2D eigenvalue weighted by Crippen LogP contribution is 2.04. The summed E-state index contributed by atoms with van der Waals surface area (Å²) in [4.78, 5) is 13.8. The average molecular weight is 237 g/mol. The van der Waals surface area contributed by atoms with Crippen LogP contribution in [0.2, 0.25) is 0 Å². The van der Waals surface area contributed by atoms with Gasteiger partial charge in [-0.2, -0.15) is 11.5 Å². The monoisotopic (exact) mass is 237 g/mol. The number of carbonyl (C=O) groups is 1. The van der Waals surface area contributed by atoms with E-state index >= 15 is 0 Å². The van der Waals surface area contributed by atoms with Crippen LogP contribution < -0.4 is 5.46 Å². The number of hydrogen-bond acceptors (Lipinski definition) is 2. The molecule has 1 saturated heterocycles. The highest BCUT2D eigenvalue weighted by Gasteiger charge is 2.29. The van der Waals surface area contributed by atoms with Crippen molar-refractivity contribution in [3.05, 3.63) is 30.3 Å². The summed E-state index contributed by atoms with van der Waals surface area (Å²) in [6.07, 6.45) is -0.584. The second-order valence-corrected chi connectivity index (χ2v) is 4.15. The first-order chi connectivity index (χ1) is 7.79. The molecule has 1 aliphatic heterocycles. The zero-order chi connectivity index (χ0) is 11.4. The number of benzene rings is 1. The van der Waals surface area contributed by atoms with Gasteiger partial charge < -0.3 is 9.64 Å². The van der Waals surface area contributed by atoms with Crippen molar-refractivity contribution >= 4 is 28.9 Å². The van der Waals surface area contributed by atoms with Crippen LogP contribution in [0.5, 0.6) is 0 Å². The Labute approximate surface area is 100 Å². The molecule has 1 aromatic rings. The second-order valence-electron chi connectivity index (χ2n) is 3.71. The third-order valence-electron chi connectivity index (χ3n) is 2.63. The summed E-state index contributed by atoms with van der Waals surface area (Å²) < 4.78 is 5.20. The van der Waals surface area contributed by atoms with E-state index in [4.69, 9.17) is 16.2 Å². The van der Waals surface area contributed by atoms with Crippen molar-refractivity contribution in [1.82, 2.24) is 4.90 Å². The largest absolute Gasteiger partial charge is 0.386 e. The molecule has 1 heterocycles. The fourth-order valence-electron chi connectivity index (χ4n) is 1.71. The highest BCUT2D eigenvalue weighted by atomic mass is 35.5. The van der Waals surface area contributed by atoms with Gasteiger partial charge in [0.1, 0.15) is 0 Å². The molecule has 0 aromatic heterocycles. The van der Waals surface area contributed by atoms with Gasteiger partial charge in [0, 0.05) is 13.1 Å². The Hall–Kier alpha value is -0.995. The minimum absolute atomic E-state index is 0.0313. The Bertz CT molecular complexity index is 354. The molecule has 0 aliphatic carbocycles. The van der Waals surface area contributed by atoms with Crippen LogP contribution in [0.3, 0.4) is 0 Å². The lowest BCUT2D eigenvalue weighted by molar-refractivity contribution is 0.0587. The molecule has 0 N–H and O–H groups in total. The minimum atomic E-state index is -0.584. The first-order valence-corrected chi connectivity index (χ1v) is 5.78. The summed E-state index contributed by atoms with van der Waals surface area (Å²) >= 11 is 6.16. The molecule has 0 spiro atoms. The predicted molar refractivity (Wildman–Crippen MR) is 65.5 cm³/mol. The molecule has 0 atom stereocenters. The van der Waals surface area contributed by atoms with Crippen molar-refractivity contribution in [2.75, 3.05) is 26.3 Å². The zero-order valence-electron chi connectivity index (χ0n) is 8.93. The van der Waals surface area contributed by atoms with Crippen LogP contribution in [0.15, 0.2) is 30.3 Å². The van der Waals surface area contributed by atoms with Gasteiger partial charge in [-0.1, -0.05) is 35.8 Å². The van der Waals surface area contributed by atoms with E-state index in [1.54, 1.807) is 4.90 Å². The molecule has 2 rings (SSSR count). The summed E-state index contributed by atoms with van der Waals surface area (Å²) in [5, 5.41) is 0. The maximum absolute atomic E-state index is 12.0. The van der Waals surface area contributed by atoms with Crippen LogP contribution >= 0.6 is 11.5 Å². The first kappa shape index (κ1) is 11.5. The molecule has 1 aliphatic rings. The van der Waals surface area contributed by atoms with Crippen LogP contribution in [0.4, 0.5) is 4.79 Å². The lowest BCUT2D eigenvalue weighted by atomic mass is 9.67. The van der Waals surface area contributed by atoms with Gasteiger partial charge in [-0.15, -0.1) is 0 Å². The van der Waals surface area contributed by atoms with Gasteiger partial charge >= 0.3 is 6.13 Å². The van der Waals surface area contributed by atoms with E-state index in [1.165, 1.54) is 0 Å². The maximum Gasteiger partial charge on any atom is 0.386 e. The molecular formula is C11H13BClNO2. The summed E-state index contributed by atoms with van der Waals surface area (Å²) in [5.41, 5.74) is 0.848. The molecule has 1 amide bonds. The lowest BCUT2D eigenvalue weighted by Crippen LogP contribution is -2.48. The van der Waals surface area contributed by atoms with Crippen LogP contribution in [0.1, 0.15) is 0 Å². The topological polar surface area (TPSA) is 29.5 Å². The number of ether oxygens (including phenoxy) is 1. The zero-order valence-corrected chi connectivity index (χ0v) is 9.69. The number of halogens is 1. The molecule has 1 aromatic carbocycles. The van der Waals surface area contributed by atoms with Gasteiger partial charge in [0.25, 0.3) is 0 Å². The van der Waals surface area contributed by atoms with Gasteiger partial charge in [-0.25, -0.2) is 0 Å². The van der Waals surface area contributed by atoms with E-state index in [1.807, 2.05) is 30.3 Å².